The number of nitrogens with zero attached hydrogens (tertiary/aromatic N) is 2. The van der Waals surface area contributed by atoms with Crippen molar-refractivity contribution in [3.05, 3.63) is 17.5 Å². The van der Waals surface area contributed by atoms with Gasteiger partial charge in [-0.25, -0.2) is 0 Å². The third-order valence-electron chi connectivity index (χ3n) is 4.10. The van der Waals surface area contributed by atoms with Crippen molar-refractivity contribution in [2.75, 3.05) is 44.2 Å². The highest BCUT2D eigenvalue weighted by Crippen LogP contribution is 2.23. The molecule has 2 aliphatic rings. The van der Waals surface area contributed by atoms with Gasteiger partial charge in [0.1, 0.15) is 0 Å². The Kier molecular flexibility index (Phi) is 4.03. The van der Waals surface area contributed by atoms with Crippen molar-refractivity contribution in [2.45, 2.75) is 12.8 Å². The number of carbonyl (C=O) groups is 1. The van der Waals surface area contributed by atoms with Gasteiger partial charge in [-0.15, -0.1) is 11.3 Å². The number of amides is 1. The summed E-state index contributed by atoms with van der Waals surface area (Å²) in [5, 5.41) is 6.76. The van der Waals surface area contributed by atoms with E-state index in [9.17, 15) is 4.79 Å². The quantitative estimate of drug-likeness (QED) is 0.889. The Hall–Kier alpha value is -1.07. The molecule has 1 amide bonds. The fraction of sp³-hybridized carbons (Fsp3) is 0.643. The van der Waals surface area contributed by atoms with E-state index in [2.05, 4.69) is 32.6 Å². The fourth-order valence-electron chi connectivity index (χ4n) is 2.92. The van der Waals surface area contributed by atoms with Gasteiger partial charge in [-0.3, -0.25) is 4.79 Å². The molecular formula is C14H21N3OS. The summed E-state index contributed by atoms with van der Waals surface area (Å²) in [6.45, 7) is 5.67. The molecule has 3 rings (SSSR count). The third-order valence-corrected chi connectivity index (χ3v) is 5.03. The lowest BCUT2D eigenvalue weighted by atomic mass is 9.96. The van der Waals surface area contributed by atoms with Crippen LogP contribution in [0.2, 0.25) is 0 Å². The zero-order valence-electron chi connectivity index (χ0n) is 11.2. The second-order valence-corrected chi connectivity index (χ2v) is 6.21. The molecule has 2 aliphatic heterocycles. The summed E-state index contributed by atoms with van der Waals surface area (Å²) in [7, 11) is 0. The Morgan fingerprint density at radius 3 is 2.58 bits per heavy atom. The summed E-state index contributed by atoms with van der Waals surface area (Å²) in [6, 6.07) is 4.25. The molecule has 0 aliphatic carbocycles. The highest BCUT2D eigenvalue weighted by Gasteiger charge is 2.28. The second kappa shape index (κ2) is 5.92. The van der Waals surface area contributed by atoms with Crippen LogP contribution in [0.5, 0.6) is 0 Å². The Morgan fingerprint density at radius 1 is 1.21 bits per heavy atom. The molecule has 0 radical (unpaired) electrons. The van der Waals surface area contributed by atoms with Crippen molar-refractivity contribution in [3.63, 3.8) is 0 Å². The number of hydrogen-bond donors (Lipinski definition) is 1. The van der Waals surface area contributed by atoms with E-state index >= 15 is 0 Å². The maximum atomic E-state index is 12.4. The van der Waals surface area contributed by atoms with Crippen LogP contribution < -0.4 is 10.2 Å². The lowest BCUT2D eigenvalue weighted by Crippen LogP contribution is -2.51. The largest absolute Gasteiger partial charge is 0.360 e. The normalized spacial score (nSPS) is 21.7. The van der Waals surface area contributed by atoms with Gasteiger partial charge < -0.3 is 15.1 Å². The first kappa shape index (κ1) is 12.9. The molecule has 5 heteroatoms. The molecular weight excluding hydrogens is 258 g/mol. The Labute approximate surface area is 118 Å². The molecule has 0 spiro atoms. The molecule has 104 valence electrons. The van der Waals surface area contributed by atoms with Gasteiger partial charge in [0.25, 0.3) is 0 Å². The average molecular weight is 279 g/mol. The van der Waals surface area contributed by atoms with E-state index in [0.717, 1.165) is 52.1 Å². The molecule has 0 atom stereocenters. The number of rotatable bonds is 2. The van der Waals surface area contributed by atoms with Crippen LogP contribution in [0.3, 0.4) is 0 Å². The molecule has 1 aromatic rings. The molecule has 1 aromatic heterocycles. The van der Waals surface area contributed by atoms with E-state index < -0.39 is 0 Å². The monoisotopic (exact) mass is 279 g/mol. The first-order valence-corrected chi connectivity index (χ1v) is 8.00. The minimum atomic E-state index is 0.259. The van der Waals surface area contributed by atoms with E-state index in [4.69, 9.17) is 0 Å². The number of hydrogen-bond acceptors (Lipinski definition) is 4. The summed E-state index contributed by atoms with van der Waals surface area (Å²) < 4.78 is 0. The Bertz CT molecular complexity index is 406. The highest BCUT2D eigenvalue weighted by molar-refractivity contribution is 7.14. The van der Waals surface area contributed by atoms with Gasteiger partial charge in [-0.1, -0.05) is 0 Å². The number of thiophene rings is 1. The van der Waals surface area contributed by atoms with Crippen LogP contribution in [0.25, 0.3) is 0 Å². The highest BCUT2D eigenvalue weighted by atomic mass is 32.1. The van der Waals surface area contributed by atoms with E-state index in [-0.39, 0.29) is 5.92 Å². The van der Waals surface area contributed by atoms with Gasteiger partial charge in [0.05, 0.1) is 5.00 Å². The van der Waals surface area contributed by atoms with Crippen molar-refractivity contribution >= 4 is 22.2 Å². The predicted octanol–water partition coefficient (Wildman–Crippen LogP) is 1.40. The van der Waals surface area contributed by atoms with Gasteiger partial charge in [-0.05, 0) is 43.4 Å². The summed E-state index contributed by atoms with van der Waals surface area (Å²) in [6.07, 6.45) is 2.01. The average Bonchev–Trinajstić information content (AvgIpc) is 3.02. The van der Waals surface area contributed by atoms with Gasteiger partial charge in [0.15, 0.2) is 0 Å². The van der Waals surface area contributed by atoms with E-state index in [1.165, 1.54) is 5.00 Å². The summed E-state index contributed by atoms with van der Waals surface area (Å²) in [5.41, 5.74) is 0. The van der Waals surface area contributed by atoms with Crippen LogP contribution >= 0.6 is 11.3 Å². The Balaban J connectivity index is 1.53. The van der Waals surface area contributed by atoms with Crippen LogP contribution in [-0.4, -0.2) is 50.1 Å². The van der Waals surface area contributed by atoms with Crippen molar-refractivity contribution in [3.8, 4) is 0 Å². The zero-order chi connectivity index (χ0) is 13.1. The first-order valence-electron chi connectivity index (χ1n) is 7.12. The van der Waals surface area contributed by atoms with Crippen LogP contribution in [-0.2, 0) is 4.79 Å². The molecule has 2 saturated heterocycles. The van der Waals surface area contributed by atoms with Crippen molar-refractivity contribution < 1.29 is 4.79 Å². The maximum absolute atomic E-state index is 12.4. The Morgan fingerprint density at radius 2 is 1.95 bits per heavy atom. The standard InChI is InChI=1S/C14H21N3OS/c18-14(12-3-5-15-6-4-12)17-9-7-16(8-10-17)13-2-1-11-19-13/h1-2,11-12,15H,3-10H2. The van der Waals surface area contributed by atoms with Gasteiger partial charge in [0, 0.05) is 32.1 Å². The molecule has 4 nitrogen and oxygen atoms in total. The number of piperidine rings is 1. The second-order valence-electron chi connectivity index (χ2n) is 5.29. The topological polar surface area (TPSA) is 35.6 Å². The summed E-state index contributed by atoms with van der Waals surface area (Å²) >= 11 is 1.78. The smallest absolute Gasteiger partial charge is 0.225 e. The SMILES string of the molecule is O=C(C1CCNCC1)N1CCN(c2cccs2)CC1. The lowest BCUT2D eigenvalue weighted by Gasteiger charge is -2.37. The number of piperazine rings is 1. The van der Waals surface area contributed by atoms with Crippen molar-refractivity contribution in [1.82, 2.24) is 10.2 Å². The zero-order valence-corrected chi connectivity index (χ0v) is 12.0. The minimum absolute atomic E-state index is 0.259. The van der Waals surface area contributed by atoms with Gasteiger partial charge in [-0.2, -0.15) is 0 Å². The molecule has 0 bridgehead atoms. The molecule has 3 heterocycles. The fourth-order valence-corrected chi connectivity index (χ4v) is 3.71. The van der Waals surface area contributed by atoms with Crippen molar-refractivity contribution in [2.24, 2.45) is 5.92 Å². The minimum Gasteiger partial charge on any atom is -0.360 e. The van der Waals surface area contributed by atoms with Crippen LogP contribution in [0, 0.1) is 5.92 Å². The van der Waals surface area contributed by atoms with Gasteiger partial charge in [0.2, 0.25) is 5.91 Å². The molecule has 1 N–H and O–H groups in total. The summed E-state index contributed by atoms with van der Waals surface area (Å²) in [4.78, 5) is 16.9. The van der Waals surface area contributed by atoms with E-state index in [1.807, 2.05) is 0 Å². The molecule has 0 unspecified atom stereocenters. The van der Waals surface area contributed by atoms with Crippen LogP contribution in [0.1, 0.15) is 12.8 Å². The van der Waals surface area contributed by atoms with Crippen LogP contribution in [0.4, 0.5) is 5.00 Å². The first-order chi connectivity index (χ1) is 9.34. The number of anilines is 1. The molecule has 2 fully saturated rings. The number of nitrogens with one attached hydrogen (secondary N) is 1. The van der Waals surface area contributed by atoms with Gasteiger partial charge >= 0.3 is 0 Å². The van der Waals surface area contributed by atoms with E-state index in [1.54, 1.807) is 11.3 Å². The third kappa shape index (κ3) is 2.92. The summed E-state index contributed by atoms with van der Waals surface area (Å²) in [5.74, 6) is 0.641. The van der Waals surface area contributed by atoms with Crippen molar-refractivity contribution in [1.29, 1.82) is 0 Å². The molecule has 0 aromatic carbocycles. The number of carbonyl (C=O) groups excluding carboxylic acids is 1. The van der Waals surface area contributed by atoms with Crippen LogP contribution in [0.15, 0.2) is 17.5 Å². The maximum Gasteiger partial charge on any atom is 0.225 e. The predicted molar refractivity (Wildman–Crippen MR) is 78.7 cm³/mol. The molecule has 0 saturated carbocycles. The van der Waals surface area contributed by atoms with E-state index in [0.29, 0.717) is 5.91 Å². The molecule has 19 heavy (non-hydrogen) atoms. The lowest BCUT2D eigenvalue weighted by molar-refractivity contribution is -0.136.